The molecule has 0 spiro atoms. The average Bonchev–Trinajstić information content (AvgIpc) is 2.82. The Bertz CT molecular complexity index is 1200. The SMILES string of the molecule is COc1ccc(N2C(=O)CN(c3ccc(C)c(C)c3)C(=O)[C@H]2/C(C)=C/c2ccccc2)cc1. The summed E-state index contributed by atoms with van der Waals surface area (Å²) in [6.07, 6.45) is 1.97. The molecule has 0 saturated carbocycles. The van der Waals surface area contributed by atoms with Crippen molar-refractivity contribution in [1.29, 1.82) is 0 Å². The quantitative estimate of drug-likeness (QED) is 0.550. The van der Waals surface area contributed by atoms with Crippen LogP contribution in [0.1, 0.15) is 23.6 Å². The van der Waals surface area contributed by atoms with Gasteiger partial charge in [0.25, 0.3) is 5.91 Å². The Hall–Kier alpha value is -3.86. The van der Waals surface area contributed by atoms with Gasteiger partial charge in [-0.05, 0) is 79.4 Å². The van der Waals surface area contributed by atoms with Crippen LogP contribution in [0.2, 0.25) is 0 Å². The molecule has 0 radical (unpaired) electrons. The molecule has 0 bridgehead atoms. The van der Waals surface area contributed by atoms with Crippen LogP contribution >= 0.6 is 0 Å². The zero-order chi connectivity index (χ0) is 23.5. The highest BCUT2D eigenvalue weighted by Crippen LogP contribution is 2.31. The number of rotatable bonds is 5. The molecule has 0 N–H and O–H groups in total. The lowest BCUT2D eigenvalue weighted by Gasteiger charge is -2.41. The van der Waals surface area contributed by atoms with Gasteiger partial charge in [0.1, 0.15) is 18.3 Å². The number of amides is 2. The lowest BCUT2D eigenvalue weighted by molar-refractivity contribution is -0.127. The van der Waals surface area contributed by atoms with Gasteiger partial charge >= 0.3 is 0 Å². The Morgan fingerprint density at radius 2 is 1.58 bits per heavy atom. The molecular weight excluding hydrogens is 412 g/mol. The molecule has 0 aliphatic carbocycles. The van der Waals surface area contributed by atoms with Crippen molar-refractivity contribution in [2.24, 2.45) is 0 Å². The lowest BCUT2D eigenvalue weighted by Crippen LogP contribution is -2.61. The van der Waals surface area contributed by atoms with Crippen molar-refractivity contribution in [1.82, 2.24) is 0 Å². The van der Waals surface area contributed by atoms with Gasteiger partial charge in [-0.1, -0.05) is 42.5 Å². The van der Waals surface area contributed by atoms with Gasteiger partial charge in [-0.25, -0.2) is 0 Å². The zero-order valence-corrected chi connectivity index (χ0v) is 19.4. The van der Waals surface area contributed by atoms with E-state index in [0.29, 0.717) is 11.4 Å². The first-order chi connectivity index (χ1) is 15.9. The van der Waals surface area contributed by atoms with Crippen LogP contribution in [-0.4, -0.2) is 31.5 Å². The van der Waals surface area contributed by atoms with Gasteiger partial charge in [-0.2, -0.15) is 0 Å². The van der Waals surface area contributed by atoms with E-state index in [1.807, 2.05) is 87.5 Å². The second kappa shape index (κ2) is 9.33. The van der Waals surface area contributed by atoms with E-state index in [0.717, 1.165) is 28.0 Å². The second-order valence-corrected chi connectivity index (χ2v) is 8.36. The molecule has 1 aliphatic rings. The number of carbonyl (C=O) groups is 2. The summed E-state index contributed by atoms with van der Waals surface area (Å²) in [7, 11) is 1.60. The third-order valence-corrected chi connectivity index (χ3v) is 6.10. The Balaban J connectivity index is 1.79. The number of piperazine rings is 1. The molecule has 5 heteroatoms. The van der Waals surface area contributed by atoms with E-state index < -0.39 is 6.04 Å². The first kappa shape index (κ1) is 22.3. The van der Waals surface area contributed by atoms with E-state index in [4.69, 9.17) is 4.74 Å². The number of benzene rings is 3. The van der Waals surface area contributed by atoms with Gasteiger partial charge in [0, 0.05) is 11.4 Å². The summed E-state index contributed by atoms with van der Waals surface area (Å²) in [6.45, 7) is 5.94. The number of nitrogens with zero attached hydrogens (tertiary/aromatic N) is 2. The summed E-state index contributed by atoms with van der Waals surface area (Å²) in [5.74, 6) is 0.432. The number of ether oxygens (including phenoxy) is 1. The fourth-order valence-electron chi connectivity index (χ4n) is 4.13. The third kappa shape index (κ3) is 4.53. The molecule has 3 aromatic carbocycles. The predicted octanol–water partition coefficient (Wildman–Crippen LogP) is 5.16. The minimum Gasteiger partial charge on any atom is -0.497 e. The molecule has 5 nitrogen and oxygen atoms in total. The van der Waals surface area contributed by atoms with Crippen LogP contribution in [0.15, 0.2) is 78.4 Å². The minimum absolute atomic E-state index is 0.0114. The Morgan fingerprint density at radius 3 is 2.21 bits per heavy atom. The third-order valence-electron chi connectivity index (χ3n) is 6.10. The molecule has 33 heavy (non-hydrogen) atoms. The van der Waals surface area contributed by atoms with Gasteiger partial charge in [0.05, 0.1) is 7.11 Å². The van der Waals surface area contributed by atoms with Crippen molar-refractivity contribution in [2.45, 2.75) is 26.8 Å². The van der Waals surface area contributed by atoms with E-state index in [9.17, 15) is 9.59 Å². The van der Waals surface area contributed by atoms with Crippen molar-refractivity contribution in [3.05, 3.63) is 95.1 Å². The lowest BCUT2D eigenvalue weighted by atomic mass is 9.98. The number of methoxy groups -OCH3 is 1. The Morgan fingerprint density at radius 1 is 0.909 bits per heavy atom. The van der Waals surface area contributed by atoms with Crippen molar-refractivity contribution in [3.63, 3.8) is 0 Å². The highest BCUT2D eigenvalue weighted by atomic mass is 16.5. The topological polar surface area (TPSA) is 49.9 Å². The maximum absolute atomic E-state index is 13.9. The van der Waals surface area contributed by atoms with Crippen molar-refractivity contribution in [2.75, 3.05) is 23.5 Å². The molecule has 168 valence electrons. The fourth-order valence-corrected chi connectivity index (χ4v) is 4.13. The van der Waals surface area contributed by atoms with Crippen LogP contribution in [0, 0.1) is 13.8 Å². The summed E-state index contributed by atoms with van der Waals surface area (Å²) in [4.78, 5) is 30.5. The largest absolute Gasteiger partial charge is 0.497 e. The monoisotopic (exact) mass is 440 g/mol. The molecule has 0 unspecified atom stereocenters. The van der Waals surface area contributed by atoms with Crippen LogP contribution < -0.4 is 14.5 Å². The minimum atomic E-state index is -0.749. The molecule has 4 rings (SSSR count). The number of hydrogen-bond donors (Lipinski definition) is 0. The maximum Gasteiger partial charge on any atom is 0.254 e. The summed E-state index contributed by atoms with van der Waals surface area (Å²) >= 11 is 0. The summed E-state index contributed by atoms with van der Waals surface area (Å²) < 4.78 is 5.26. The Labute approximate surface area is 194 Å². The molecule has 2 amide bonds. The van der Waals surface area contributed by atoms with Gasteiger partial charge in [0.15, 0.2) is 0 Å². The van der Waals surface area contributed by atoms with E-state index >= 15 is 0 Å². The van der Waals surface area contributed by atoms with Gasteiger partial charge in [0.2, 0.25) is 5.91 Å². The van der Waals surface area contributed by atoms with Gasteiger partial charge < -0.3 is 9.64 Å². The number of hydrogen-bond acceptors (Lipinski definition) is 3. The predicted molar refractivity (Wildman–Crippen MR) is 133 cm³/mol. The smallest absolute Gasteiger partial charge is 0.254 e. The van der Waals surface area contributed by atoms with Crippen LogP contribution in [0.5, 0.6) is 5.75 Å². The molecule has 1 fully saturated rings. The molecule has 1 saturated heterocycles. The number of anilines is 2. The molecule has 1 atom stereocenters. The normalized spacial score (nSPS) is 16.8. The van der Waals surface area contributed by atoms with Crippen molar-refractivity contribution < 1.29 is 14.3 Å². The standard InChI is InChI=1S/C28H28N2O3/c1-19-10-11-24(17-20(19)2)29-18-26(31)30(23-12-14-25(33-4)15-13-23)27(28(29)32)21(3)16-22-8-6-5-7-9-22/h5-17,27H,18H2,1-4H3/b21-16+/t27-/m1/s1. The van der Waals surface area contributed by atoms with Crippen LogP contribution in [0.4, 0.5) is 11.4 Å². The summed E-state index contributed by atoms with van der Waals surface area (Å²) in [5, 5.41) is 0. The fraction of sp³-hybridized carbons (Fsp3) is 0.214. The van der Waals surface area contributed by atoms with Crippen LogP contribution in [-0.2, 0) is 9.59 Å². The van der Waals surface area contributed by atoms with E-state index in [2.05, 4.69) is 0 Å². The van der Waals surface area contributed by atoms with Gasteiger partial charge in [-0.3, -0.25) is 14.5 Å². The van der Waals surface area contributed by atoms with E-state index in [1.54, 1.807) is 29.0 Å². The van der Waals surface area contributed by atoms with E-state index in [1.165, 1.54) is 0 Å². The average molecular weight is 441 g/mol. The van der Waals surface area contributed by atoms with Crippen LogP contribution in [0.3, 0.4) is 0 Å². The first-order valence-corrected chi connectivity index (χ1v) is 11.0. The van der Waals surface area contributed by atoms with Crippen molar-refractivity contribution in [3.8, 4) is 5.75 Å². The molecule has 0 aromatic heterocycles. The van der Waals surface area contributed by atoms with E-state index in [-0.39, 0.29) is 18.4 Å². The summed E-state index contributed by atoms with van der Waals surface area (Å²) in [5.41, 5.74) is 5.41. The molecule has 1 heterocycles. The van der Waals surface area contributed by atoms with Crippen molar-refractivity contribution >= 4 is 29.3 Å². The molecular formula is C28H28N2O3. The summed E-state index contributed by atoms with van der Waals surface area (Å²) in [6, 6.07) is 22.2. The number of aryl methyl sites for hydroxylation is 2. The maximum atomic E-state index is 13.9. The number of carbonyl (C=O) groups excluding carboxylic acids is 2. The Kier molecular flexibility index (Phi) is 6.31. The van der Waals surface area contributed by atoms with Crippen LogP contribution in [0.25, 0.3) is 6.08 Å². The second-order valence-electron chi connectivity index (χ2n) is 8.36. The highest BCUT2D eigenvalue weighted by Gasteiger charge is 2.41. The zero-order valence-electron chi connectivity index (χ0n) is 19.4. The highest BCUT2D eigenvalue weighted by molar-refractivity contribution is 6.16. The first-order valence-electron chi connectivity index (χ1n) is 11.0. The molecule has 1 aliphatic heterocycles. The molecule has 3 aromatic rings. The van der Waals surface area contributed by atoms with Gasteiger partial charge in [-0.15, -0.1) is 0 Å².